The molecule has 1 heterocycles. The normalized spacial score (nSPS) is 16.6. The van der Waals surface area contributed by atoms with E-state index in [1.165, 1.54) is 0 Å². The molecule has 0 aromatic heterocycles. The topological polar surface area (TPSA) is 44.8 Å². The summed E-state index contributed by atoms with van der Waals surface area (Å²) in [5, 5.41) is 3.26. The van der Waals surface area contributed by atoms with Crippen molar-refractivity contribution in [3.63, 3.8) is 0 Å². The number of rotatable bonds is 7. The Morgan fingerprint density at radius 3 is 2.61 bits per heavy atom. The lowest BCUT2D eigenvalue weighted by Crippen LogP contribution is -2.50. The Morgan fingerprint density at radius 2 is 2.06 bits per heavy atom. The minimum absolute atomic E-state index is 0.244. The first-order valence-corrected chi connectivity index (χ1v) is 6.83. The van der Waals surface area contributed by atoms with Crippen LogP contribution in [0.2, 0.25) is 0 Å². The van der Waals surface area contributed by atoms with Crippen LogP contribution in [-0.2, 0) is 9.53 Å². The molecular formula is C13H27N3O2. The molecule has 5 heteroatoms. The molecule has 0 saturated carbocycles. The predicted octanol–water partition coefficient (Wildman–Crippen LogP) is 0.0226. The van der Waals surface area contributed by atoms with Crippen molar-refractivity contribution in [3.8, 4) is 0 Å². The molecule has 106 valence electrons. The monoisotopic (exact) mass is 257 g/mol. The van der Waals surface area contributed by atoms with Crippen molar-refractivity contribution in [2.75, 3.05) is 59.5 Å². The lowest BCUT2D eigenvalue weighted by molar-refractivity contribution is -0.133. The van der Waals surface area contributed by atoms with Gasteiger partial charge < -0.3 is 15.0 Å². The van der Waals surface area contributed by atoms with Gasteiger partial charge in [-0.25, -0.2) is 0 Å². The third kappa shape index (κ3) is 5.80. The number of nitrogens with zero attached hydrogens (tertiary/aromatic N) is 2. The summed E-state index contributed by atoms with van der Waals surface area (Å²) >= 11 is 0. The summed E-state index contributed by atoms with van der Waals surface area (Å²) in [5.41, 5.74) is 0. The summed E-state index contributed by atoms with van der Waals surface area (Å²) in [4.78, 5) is 16.3. The summed E-state index contributed by atoms with van der Waals surface area (Å²) < 4.78 is 5.10. The molecule has 5 nitrogen and oxygen atoms in total. The first-order chi connectivity index (χ1) is 8.63. The van der Waals surface area contributed by atoms with Crippen LogP contribution in [0.25, 0.3) is 0 Å². The molecule has 0 aliphatic carbocycles. The highest BCUT2D eigenvalue weighted by Gasteiger charge is 2.19. The van der Waals surface area contributed by atoms with E-state index in [2.05, 4.69) is 24.1 Å². The zero-order valence-electron chi connectivity index (χ0n) is 11.9. The molecule has 1 rings (SSSR count). The molecule has 1 aliphatic heterocycles. The molecule has 1 N–H and O–H groups in total. The van der Waals surface area contributed by atoms with Crippen LogP contribution in [0, 0.1) is 5.92 Å². The maximum atomic E-state index is 12.2. The molecule has 0 aromatic carbocycles. The van der Waals surface area contributed by atoms with Crippen LogP contribution in [0.1, 0.15) is 13.8 Å². The van der Waals surface area contributed by atoms with Gasteiger partial charge in [-0.05, 0) is 5.92 Å². The SMILES string of the molecule is COCCN(CC(=O)N1CCNCC1)CC(C)C. The number of carbonyl (C=O) groups excluding carboxylic acids is 1. The maximum absolute atomic E-state index is 12.2. The predicted molar refractivity (Wildman–Crippen MR) is 72.6 cm³/mol. The number of hydrogen-bond donors (Lipinski definition) is 1. The van der Waals surface area contributed by atoms with Crippen molar-refractivity contribution < 1.29 is 9.53 Å². The number of carbonyl (C=O) groups is 1. The average molecular weight is 257 g/mol. The van der Waals surface area contributed by atoms with E-state index < -0.39 is 0 Å². The van der Waals surface area contributed by atoms with Gasteiger partial charge in [-0.1, -0.05) is 13.8 Å². The molecule has 0 radical (unpaired) electrons. The molecule has 1 amide bonds. The molecule has 1 fully saturated rings. The van der Waals surface area contributed by atoms with Gasteiger partial charge >= 0.3 is 0 Å². The van der Waals surface area contributed by atoms with E-state index in [-0.39, 0.29) is 5.91 Å². The number of amides is 1. The lowest BCUT2D eigenvalue weighted by atomic mass is 10.2. The van der Waals surface area contributed by atoms with Gasteiger partial charge in [0.25, 0.3) is 0 Å². The fourth-order valence-corrected chi connectivity index (χ4v) is 2.18. The van der Waals surface area contributed by atoms with E-state index in [0.29, 0.717) is 19.1 Å². The minimum atomic E-state index is 0.244. The molecule has 18 heavy (non-hydrogen) atoms. The standard InChI is InChI=1S/C13H27N3O2/c1-12(2)10-15(8-9-18-3)11-13(17)16-6-4-14-5-7-16/h12,14H,4-11H2,1-3H3. The minimum Gasteiger partial charge on any atom is -0.383 e. The molecule has 1 saturated heterocycles. The smallest absolute Gasteiger partial charge is 0.236 e. The number of methoxy groups -OCH3 is 1. The van der Waals surface area contributed by atoms with Crippen LogP contribution in [0.4, 0.5) is 0 Å². The maximum Gasteiger partial charge on any atom is 0.236 e. The Hall–Kier alpha value is -0.650. The van der Waals surface area contributed by atoms with E-state index >= 15 is 0 Å². The van der Waals surface area contributed by atoms with Gasteiger partial charge in [-0.2, -0.15) is 0 Å². The Morgan fingerprint density at radius 1 is 1.39 bits per heavy atom. The van der Waals surface area contributed by atoms with Gasteiger partial charge in [0.1, 0.15) is 0 Å². The molecular weight excluding hydrogens is 230 g/mol. The highest BCUT2D eigenvalue weighted by Crippen LogP contribution is 2.01. The van der Waals surface area contributed by atoms with Crippen LogP contribution < -0.4 is 5.32 Å². The van der Waals surface area contributed by atoms with E-state index in [4.69, 9.17) is 4.74 Å². The number of hydrogen-bond acceptors (Lipinski definition) is 4. The summed E-state index contributed by atoms with van der Waals surface area (Å²) in [7, 11) is 1.70. The van der Waals surface area contributed by atoms with Gasteiger partial charge in [0.15, 0.2) is 0 Å². The Bertz CT molecular complexity index is 240. The Kier molecular flexibility index (Phi) is 7.23. The third-order valence-corrected chi connectivity index (χ3v) is 3.06. The summed E-state index contributed by atoms with van der Waals surface area (Å²) in [6, 6.07) is 0. The number of piperazine rings is 1. The first kappa shape index (κ1) is 15.4. The lowest BCUT2D eigenvalue weighted by Gasteiger charge is -2.31. The molecule has 1 aliphatic rings. The highest BCUT2D eigenvalue weighted by molar-refractivity contribution is 5.78. The summed E-state index contributed by atoms with van der Waals surface area (Å²) in [6.07, 6.45) is 0. The average Bonchev–Trinajstić information content (AvgIpc) is 2.36. The van der Waals surface area contributed by atoms with Crippen molar-refractivity contribution in [1.29, 1.82) is 0 Å². The van der Waals surface area contributed by atoms with Crippen LogP contribution in [0.5, 0.6) is 0 Å². The van der Waals surface area contributed by atoms with E-state index in [1.54, 1.807) is 7.11 Å². The van der Waals surface area contributed by atoms with Gasteiger partial charge in [0, 0.05) is 46.4 Å². The third-order valence-electron chi connectivity index (χ3n) is 3.06. The zero-order valence-corrected chi connectivity index (χ0v) is 11.9. The Balaban J connectivity index is 2.39. The number of ether oxygens (including phenoxy) is 1. The Labute approximate surface area is 110 Å². The van der Waals surface area contributed by atoms with Gasteiger partial charge in [0.05, 0.1) is 13.2 Å². The fraction of sp³-hybridized carbons (Fsp3) is 0.923. The molecule has 0 atom stereocenters. The molecule has 0 spiro atoms. The largest absolute Gasteiger partial charge is 0.383 e. The van der Waals surface area contributed by atoms with Gasteiger partial charge in [-0.15, -0.1) is 0 Å². The van der Waals surface area contributed by atoms with Gasteiger partial charge in [0.2, 0.25) is 5.91 Å². The van der Waals surface area contributed by atoms with Crippen LogP contribution in [0.3, 0.4) is 0 Å². The molecule has 0 unspecified atom stereocenters. The van der Waals surface area contributed by atoms with Crippen molar-refractivity contribution in [1.82, 2.24) is 15.1 Å². The quantitative estimate of drug-likeness (QED) is 0.698. The zero-order chi connectivity index (χ0) is 13.4. The van der Waals surface area contributed by atoms with Crippen molar-refractivity contribution in [3.05, 3.63) is 0 Å². The van der Waals surface area contributed by atoms with Crippen LogP contribution in [0.15, 0.2) is 0 Å². The van der Waals surface area contributed by atoms with E-state index in [0.717, 1.165) is 39.3 Å². The molecule has 0 bridgehead atoms. The highest BCUT2D eigenvalue weighted by atomic mass is 16.5. The molecule has 0 aromatic rings. The fourth-order valence-electron chi connectivity index (χ4n) is 2.18. The van der Waals surface area contributed by atoms with Crippen LogP contribution in [-0.4, -0.2) is 75.2 Å². The second-order valence-corrected chi connectivity index (χ2v) is 5.25. The van der Waals surface area contributed by atoms with Crippen molar-refractivity contribution >= 4 is 5.91 Å². The van der Waals surface area contributed by atoms with Crippen molar-refractivity contribution in [2.45, 2.75) is 13.8 Å². The first-order valence-electron chi connectivity index (χ1n) is 6.83. The van der Waals surface area contributed by atoms with E-state index in [9.17, 15) is 4.79 Å². The van der Waals surface area contributed by atoms with Crippen molar-refractivity contribution in [2.24, 2.45) is 5.92 Å². The van der Waals surface area contributed by atoms with Crippen LogP contribution >= 0.6 is 0 Å². The van der Waals surface area contributed by atoms with Gasteiger partial charge in [-0.3, -0.25) is 9.69 Å². The second-order valence-electron chi connectivity index (χ2n) is 5.25. The van der Waals surface area contributed by atoms with E-state index in [1.807, 2.05) is 4.90 Å². The number of nitrogens with one attached hydrogen (secondary N) is 1. The summed E-state index contributed by atoms with van der Waals surface area (Å²) in [6.45, 7) is 10.8. The second kappa shape index (κ2) is 8.45. The summed E-state index contributed by atoms with van der Waals surface area (Å²) in [5.74, 6) is 0.811.